The molecule has 0 amide bonds. The van der Waals surface area contributed by atoms with Crippen LogP contribution < -0.4 is 4.52 Å². The molecule has 7 nitrogen and oxygen atoms in total. The second-order valence-electron chi connectivity index (χ2n) is 7.08. The third-order valence-electron chi connectivity index (χ3n) is 4.73. The number of nitrogens with zero attached hydrogens (tertiary/aromatic N) is 3. The summed E-state index contributed by atoms with van der Waals surface area (Å²) in [7, 11) is -5.08. The Morgan fingerprint density at radius 2 is 1.68 bits per heavy atom. The van der Waals surface area contributed by atoms with Gasteiger partial charge in [0.15, 0.2) is 5.65 Å². The van der Waals surface area contributed by atoms with Gasteiger partial charge in [0.1, 0.15) is 23.2 Å². The molecule has 2 N–H and O–H groups in total. The first kappa shape index (κ1) is 23.7. The Bertz CT molecular complexity index is 1460. The Kier molecular flexibility index (Phi) is 5.67. The molecule has 14 heteroatoms. The molecule has 34 heavy (non-hydrogen) atoms. The Morgan fingerprint density at radius 3 is 2.26 bits per heavy atom. The van der Waals surface area contributed by atoms with E-state index in [4.69, 9.17) is 9.79 Å². The molecular weight excluding hydrogens is 491 g/mol. The van der Waals surface area contributed by atoms with Crippen LogP contribution in [0.4, 0.5) is 26.3 Å². The van der Waals surface area contributed by atoms with E-state index in [0.717, 1.165) is 12.3 Å². The van der Waals surface area contributed by atoms with Crippen molar-refractivity contribution < 1.29 is 45.2 Å². The van der Waals surface area contributed by atoms with Gasteiger partial charge in [-0.15, -0.1) is 0 Å². The van der Waals surface area contributed by atoms with E-state index >= 15 is 0 Å². The summed E-state index contributed by atoms with van der Waals surface area (Å²) < 4.78 is 98.9. The molecule has 4 aromatic rings. The topological polar surface area (TPSA) is 97.0 Å². The first-order valence-electron chi connectivity index (χ1n) is 9.21. The summed E-state index contributed by atoms with van der Waals surface area (Å²) in [5.41, 5.74) is -2.23. The van der Waals surface area contributed by atoms with E-state index in [2.05, 4.69) is 14.5 Å². The summed E-state index contributed by atoms with van der Waals surface area (Å²) in [5, 5.41) is 0. The Hall–Kier alpha value is -3.41. The number of phosphoric acid groups is 1. The highest BCUT2D eigenvalue weighted by molar-refractivity contribution is 7.46. The second-order valence-corrected chi connectivity index (χ2v) is 8.25. The van der Waals surface area contributed by atoms with Crippen molar-refractivity contribution in [3.8, 4) is 28.3 Å². The lowest BCUT2D eigenvalue weighted by Crippen LogP contribution is -2.08. The second kappa shape index (κ2) is 8.12. The zero-order valence-corrected chi connectivity index (χ0v) is 17.7. The lowest BCUT2D eigenvalue weighted by atomic mass is 10.1. The summed E-state index contributed by atoms with van der Waals surface area (Å²) >= 11 is 0. The molecule has 0 radical (unpaired) electrons. The van der Waals surface area contributed by atoms with Gasteiger partial charge in [-0.2, -0.15) is 13.2 Å². The SMILES string of the molecule is Cc1nc2cnc(-c3ccc(F)c(C(F)(F)F)c3)cn2c1-c1c(F)cc(OP(=O)(O)O)cc1F. The maximum absolute atomic E-state index is 14.8. The van der Waals surface area contributed by atoms with E-state index in [1.165, 1.54) is 17.5 Å². The van der Waals surface area contributed by atoms with Crippen LogP contribution in [0, 0.1) is 24.4 Å². The molecule has 178 valence electrons. The molecular formula is C20H12F6N3O4P. The van der Waals surface area contributed by atoms with E-state index in [1.54, 1.807) is 0 Å². The number of aryl methyl sites for hydroxylation is 1. The largest absolute Gasteiger partial charge is 0.524 e. The number of benzene rings is 2. The fourth-order valence-electron chi connectivity index (χ4n) is 3.39. The minimum absolute atomic E-state index is 0.0704. The molecule has 2 aromatic heterocycles. The van der Waals surface area contributed by atoms with Gasteiger partial charge in [-0.05, 0) is 25.1 Å². The number of alkyl halides is 3. The van der Waals surface area contributed by atoms with Crippen LogP contribution in [0.1, 0.15) is 11.3 Å². The molecule has 0 saturated carbocycles. The number of aromatic nitrogens is 3. The average Bonchev–Trinajstić information content (AvgIpc) is 3.01. The minimum Gasteiger partial charge on any atom is -0.404 e. The van der Waals surface area contributed by atoms with Gasteiger partial charge >= 0.3 is 14.0 Å². The fourth-order valence-corrected chi connectivity index (χ4v) is 3.77. The molecule has 2 aromatic carbocycles. The molecule has 0 bridgehead atoms. The van der Waals surface area contributed by atoms with Crippen LogP contribution in [0.25, 0.3) is 28.2 Å². The van der Waals surface area contributed by atoms with E-state index in [0.29, 0.717) is 24.3 Å². The predicted molar refractivity (Wildman–Crippen MR) is 106 cm³/mol. The van der Waals surface area contributed by atoms with E-state index in [1.807, 2.05) is 0 Å². The zero-order valence-electron chi connectivity index (χ0n) is 16.8. The molecule has 2 heterocycles. The Labute approximate surface area is 186 Å². The van der Waals surface area contributed by atoms with E-state index < -0.39 is 48.3 Å². The Balaban J connectivity index is 1.88. The number of fused-ring (bicyclic) bond motifs is 1. The minimum atomic E-state index is -5.08. The van der Waals surface area contributed by atoms with E-state index in [9.17, 15) is 30.9 Å². The fraction of sp³-hybridized carbons (Fsp3) is 0.100. The van der Waals surface area contributed by atoms with Crippen LogP contribution in [0.15, 0.2) is 42.7 Å². The van der Waals surface area contributed by atoms with Crippen molar-refractivity contribution in [2.24, 2.45) is 0 Å². The molecule has 0 aliphatic carbocycles. The quantitative estimate of drug-likeness (QED) is 0.291. The van der Waals surface area contributed by atoms with Crippen LogP contribution in [-0.2, 0) is 10.7 Å². The van der Waals surface area contributed by atoms with Crippen LogP contribution >= 0.6 is 7.82 Å². The molecule has 0 unspecified atom stereocenters. The molecule has 0 fully saturated rings. The lowest BCUT2D eigenvalue weighted by Gasteiger charge is -2.12. The number of halogens is 6. The van der Waals surface area contributed by atoms with Gasteiger partial charge in [0.25, 0.3) is 0 Å². The summed E-state index contributed by atoms with van der Waals surface area (Å²) in [5.74, 6) is -4.72. The maximum atomic E-state index is 14.8. The highest BCUT2D eigenvalue weighted by Gasteiger charge is 2.34. The molecule has 0 saturated heterocycles. The molecule has 0 aliphatic heterocycles. The van der Waals surface area contributed by atoms with Crippen molar-refractivity contribution in [3.05, 3.63) is 71.4 Å². The van der Waals surface area contributed by atoms with E-state index in [-0.39, 0.29) is 28.3 Å². The van der Waals surface area contributed by atoms with Gasteiger partial charge < -0.3 is 4.52 Å². The van der Waals surface area contributed by atoms with Crippen LogP contribution in [0.3, 0.4) is 0 Å². The third kappa shape index (κ3) is 4.49. The number of imidazole rings is 1. The normalized spacial score (nSPS) is 12.4. The van der Waals surface area contributed by atoms with Gasteiger partial charge in [-0.1, -0.05) is 0 Å². The molecule has 0 aliphatic rings. The standard InChI is InChI=1S/C20H12F6N3O4P/c1-9-19(18-14(22)5-11(6-15(18)23)33-34(30,31)32)29-8-16(27-7-17(29)28-9)10-2-3-13(21)12(4-10)20(24,25)26/h2-8H,1H3,(H2,30,31,32). The summed E-state index contributed by atoms with van der Waals surface area (Å²) in [4.78, 5) is 25.8. The lowest BCUT2D eigenvalue weighted by molar-refractivity contribution is -0.139. The molecule has 4 rings (SSSR count). The smallest absolute Gasteiger partial charge is 0.404 e. The van der Waals surface area contributed by atoms with Crippen molar-refractivity contribution >= 4 is 13.5 Å². The zero-order chi connectivity index (χ0) is 25.0. The van der Waals surface area contributed by atoms with Gasteiger partial charge in [-0.25, -0.2) is 22.7 Å². The number of phosphoric ester groups is 1. The predicted octanol–water partition coefficient (Wildman–Crippen LogP) is 5.28. The van der Waals surface area contributed by atoms with Crippen molar-refractivity contribution in [1.82, 2.24) is 14.4 Å². The third-order valence-corrected chi connectivity index (χ3v) is 5.18. The van der Waals surface area contributed by atoms with Gasteiger partial charge in [0.2, 0.25) is 0 Å². The van der Waals surface area contributed by atoms with Crippen molar-refractivity contribution in [2.75, 3.05) is 0 Å². The highest BCUT2D eigenvalue weighted by Crippen LogP contribution is 2.40. The first-order valence-corrected chi connectivity index (χ1v) is 10.7. The van der Waals surface area contributed by atoms with Gasteiger partial charge in [-0.3, -0.25) is 19.2 Å². The number of rotatable bonds is 4. The molecule has 0 atom stereocenters. The van der Waals surface area contributed by atoms with Crippen molar-refractivity contribution in [3.63, 3.8) is 0 Å². The highest BCUT2D eigenvalue weighted by atomic mass is 31.2. The summed E-state index contributed by atoms with van der Waals surface area (Å²) in [6.45, 7) is 1.42. The van der Waals surface area contributed by atoms with Crippen LogP contribution in [0.5, 0.6) is 5.75 Å². The van der Waals surface area contributed by atoms with Gasteiger partial charge in [0.05, 0.1) is 34.4 Å². The van der Waals surface area contributed by atoms with Crippen LogP contribution in [-0.4, -0.2) is 24.2 Å². The molecule has 0 spiro atoms. The first-order chi connectivity index (χ1) is 15.7. The average molecular weight is 503 g/mol. The van der Waals surface area contributed by atoms with Gasteiger partial charge in [0, 0.05) is 23.9 Å². The summed E-state index contributed by atoms with van der Waals surface area (Å²) in [6, 6.07) is 3.38. The summed E-state index contributed by atoms with van der Waals surface area (Å²) in [6.07, 6.45) is -2.62. The number of hydrogen-bond acceptors (Lipinski definition) is 4. The Morgan fingerprint density at radius 1 is 1.03 bits per heavy atom. The van der Waals surface area contributed by atoms with Crippen molar-refractivity contribution in [2.45, 2.75) is 13.1 Å². The maximum Gasteiger partial charge on any atom is 0.524 e. The van der Waals surface area contributed by atoms with Crippen molar-refractivity contribution in [1.29, 1.82) is 0 Å². The monoisotopic (exact) mass is 503 g/mol. The number of hydrogen-bond donors (Lipinski definition) is 2. The van der Waals surface area contributed by atoms with Crippen LogP contribution in [0.2, 0.25) is 0 Å².